The Morgan fingerprint density at radius 3 is 2.19 bits per heavy atom. The highest BCUT2D eigenvalue weighted by atomic mass is 16.7. The van der Waals surface area contributed by atoms with Crippen molar-refractivity contribution >= 4 is 0 Å². The first kappa shape index (κ1) is 10.8. The second-order valence-electron chi connectivity index (χ2n) is 5.82. The lowest BCUT2D eigenvalue weighted by atomic mass is 9.69. The van der Waals surface area contributed by atoms with Gasteiger partial charge < -0.3 is 9.47 Å². The van der Waals surface area contributed by atoms with Crippen LogP contribution in [0.1, 0.15) is 44.9 Å². The van der Waals surface area contributed by atoms with Crippen LogP contribution in [-0.2, 0) is 9.47 Å². The average molecular weight is 222 g/mol. The summed E-state index contributed by atoms with van der Waals surface area (Å²) in [6.07, 6.45) is 11.0. The van der Waals surface area contributed by atoms with Crippen LogP contribution in [0.5, 0.6) is 0 Å². The third-order valence-corrected chi connectivity index (χ3v) is 4.65. The molecular formula is C14H22O2. The molecule has 1 spiro atoms. The number of allylic oxidation sites excluding steroid dienone is 1. The Hall–Kier alpha value is -0.340. The zero-order valence-electron chi connectivity index (χ0n) is 10.0. The summed E-state index contributed by atoms with van der Waals surface area (Å²) in [6, 6.07) is 0. The highest BCUT2D eigenvalue weighted by molar-refractivity contribution is 5.03. The average Bonchev–Trinajstić information content (AvgIpc) is 3.01. The first-order valence-corrected chi connectivity index (χ1v) is 6.68. The molecule has 0 amide bonds. The molecule has 3 aliphatic rings. The van der Waals surface area contributed by atoms with E-state index in [9.17, 15) is 0 Å². The fourth-order valence-corrected chi connectivity index (χ4v) is 3.30. The minimum Gasteiger partial charge on any atom is -0.348 e. The van der Waals surface area contributed by atoms with Crippen LogP contribution in [0.4, 0.5) is 0 Å². The van der Waals surface area contributed by atoms with Gasteiger partial charge in [0, 0.05) is 12.8 Å². The molecule has 0 radical (unpaired) electrons. The molecule has 0 aromatic heterocycles. The van der Waals surface area contributed by atoms with Crippen molar-refractivity contribution in [3.05, 3.63) is 12.7 Å². The summed E-state index contributed by atoms with van der Waals surface area (Å²) in [4.78, 5) is 0. The Labute approximate surface area is 98.0 Å². The zero-order valence-corrected chi connectivity index (χ0v) is 10.0. The highest BCUT2D eigenvalue weighted by Gasteiger charge is 2.46. The van der Waals surface area contributed by atoms with Crippen molar-refractivity contribution in [2.45, 2.75) is 50.7 Å². The lowest BCUT2D eigenvalue weighted by Gasteiger charge is -2.42. The van der Waals surface area contributed by atoms with Gasteiger partial charge in [-0.15, -0.1) is 6.58 Å². The topological polar surface area (TPSA) is 18.5 Å². The molecule has 3 fully saturated rings. The van der Waals surface area contributed by atoms with Crippen molar-refractivity contribution in [2.24, 2.45) is 11.3 Å². The first-order valence-electron chi connectivity index (χ1n) is 6.68. The van der Waals surface area contributed by atoms with Crippen LogP contribution in [0.3, 0.4) is 0 Å². The molecule has 3 rings (SSSR count). The summed E-state index contributed by atoms with van der Waals surface area (Å²) in [5.74, 6) is 0.772. The summed E-state index contributed by atoms with van der Waals surface area (Å²) in [5, 5.41) is 0. The molecule has 1 heterocycles. The molecule has 1 aliphatic heterocycles. The van der Waals surface area contributed by atoms with Crippen LogP contribution in [0.25, 0.3) is 0 Å². The predicted octanol–water partition coefficient (Wildman–Crippen LogP) is 3.28. The van der Waals surface area contributed by atoms with Crippen LogP contribution in [-0.4, -0.2) is 19.0 Å². The van der Waals surface area contributed by atoms with Gasteiger partial charge in [-0.1, -0.05) is 18.9 Å². The Bertz CT molecular complexity index is 264. The molecule has 0 unspecified atom stereocenters. The number of hydrogen-bond donors (Lipinski definition) is 0. The lowest BCUT2D eigenvalue weighted by Crippen LogP contribution is -2.39. The number of hydrogen-bond acceptors (Lipinski definition) is 2. The van der Waals surface area contributed by atoms with Gasteiger partial charge in [-0.05, 0) is 30.6 Å². The van der Waals surface area contributed by atoms with Crippen LogP contribution >= 0.6 is 0 Å². The first-order chi connectivity index (χ1) is 7.76. The molecule has 16 heavy (non-hydrogen) atoms. The number of ether oxygens (including phenoxy) is 2. The summed E-state index contributed by atoms with van der Waals surface area (Å²) in [7, 11) is 0. The highest BCUT2D eigenvalue weighted by Crippen LogP contribution is 2.51. The van der Waals surface area contributed by atoms with E-state index in [1.807, 2.05) is 0 Å². The lowest BCUT2D eigenvalue weighted by molar-refractivity contribution is -0.188. The van der Waals surface area contributed by atoms with Gasteiger partial charge in [-0.2, -0.15) is 0 Å². The van der Waals surface area contributed by atoms with E-state index in [4.69, 9.17) is 9.47 Å². The van der Waals surface area contributed by atoms with Gasteiger partial charge in [-0.3, -0.25) is 0 Å². The normalized spacial score (nSPS) is 31.8. The molecule has 2 aliphatic carbocycles. The van der Waals surface area contributed by atoms with Gasteiger partial charge in [0.25, 0.3) is 0 Å². The van der Waals surface area contributed by atoms with Crippen molar-refractivity contribution in [2.75, 3.05) is 13.2 Å². The van der Waals surface area contributed by atoms with Crippen LogP contribution in [0, 0.1) is 11.3 Å². The third-order valence-electron chi connectivity index (χ3n) is 4.65. The quantitative estimate of drug-likeness (QED) is 0.682. The molecule has 0 bridgehead atoms. The zero-order chi connectivity index (χ0) is 11.1. The van der Waals surface area contributed by atoms with Crippen molar-refractivity contribution in [3.63, 3.8) is 0 Å². The summed E-state index contributed by atoms with van der Waals surface area (Å²) < 4.78 is 11.6. The van der Waals surface area contributed by atoms with Crippen molar-refractivity contribution in [3.8, 4) is 0 Å². The van der Waals surface area contributed by atoms with E-state index in [0.29, 0.717) is 5.41 Å². The summed E-state index contributed by atoms with van der Waals surface area (Å²) in [5.41, 5.74) is 0.391. The Morgan fingerprint density at radius 1 is 1.06 bits per heavy atom. The predicted molar refractivity (Wildman–Crippen MR) is 63.1 cm³/mol. The van der Waals surface area contributed by atoms with Crippen molar-refractivity contribution in [1.29, 1.82) is 0 Å². The van der Waals surface area contributed by atoms with E-state index < -0.39 is 0 Å². The smallest absolute Gasteiger partial charge is 0.168 e. The molecule has 0 aromatic rings. The van der Waals surface area contributed by atoms with Crippen LogP contribution in [0.15, 0.2) is 12.7 Å². The van der Waals surface area contributed by atoms with Gasteiger partial charge in [0.05, 0.1) is 13.2 Å². The molecule has 90 valence electrons. The molecule has 0 aromatic carbocycles. The number of rotatable bonds is 3. The van der Waals surface area contributed by atoms with Gasteiger partial charge in [0.15, 0.2) is 5.79 Å². The van der Waals surface area contributed by atoms with E-state index >= 15 is 0 Å². The molecule has 2 heteroatoms. The minimum atomic E-state index is -0.212. The second-order valence-corrected chi connectivity index (χ2v) is 5.82. The maximum Gasteiger partial charge on any atom is 0.168 e. The maximum atomic E-state index is 5.78. The monoisotopic (exact) mass is 222 g/mol. The minimum absolute atomic E-state index is 0.212. The van der Waals surface area contributed by atoms with E-state index in [1.54, 1.807) is 0 Å². The SMILES string of the molecule is C=CC1(CC2CC2)CCC2(CC1)OCCO2. The van der Waals surface area contributed by atoms with Crippen LogP contribution < -0.4 is 0 Å². The second kappa shape index (κ2) is 3.85. The third kappa shape index (κ3) is 1.93. The fourth-order valence-electron chi connectivity index (χ4n) is 3.30. The van der Waals surface area contributed by atoms with Gasteiger partial charge in [0.1, 0.15) is 0 Å². The summed E-state index contributed by atoms with van der Waals surface area (Å²) >= 11 is 0. The van der Waals surface area contributed by atoms with Gasteiger partial charge in [-0.25, -0.2) is 0 Å². The Kier molecular flexibility index (Phi) is 2.60. The molecule has 0 N–H and O–H groups in total. The Morgan fingerprint density at radius 2 is 1.69 bits per heavy atom. The summed E-state index contributed by atoms with van der Waals surface area (Å²) in [6.45, 7) is 5.63. The van der Waals surface area contributed by atoms with Crippen molar-refractivity contribution < 1.29 is 9.47 Å². The Balaban J connectivity index is 1.64. The molecular weight excluding hydrogens is 200 g/mol. The van der Waals surface area contributed by atoms with E-state index in [0.717, 1.165) is 32.0 Å². The maximum absolute atomic E-state index is 5.78. The largest absolute Gasteiger partial charge is 0.348 e. The molecule has 2 nitrogen and oxygen atoms in total. The van der Waals surface area contributed by atoms with E-state index in [-0.39, 0.29) is 5.79 Å². The van der Waals surface area contributed by atoms with Gasteiger partial charge in [0.2, 0.25) is 0 Å². The fraction of sp³-hybridized carbons (Fsp3) is 0.857. The standard InChI is InChI=1S/C14H22O2/c1-2-13(11-12-3-4-12)5-7-14(8-6-13)15-9-10-16-14/h2,12H,1,3-11H2. The van der Waals surface area contributed by atoms with E-state index in [1.165, 1.54) is 32.1 Å². The molecule has 2 saturated carbocycles. The van der Waals surface area contributed by atoms with Crippen molar-refractivity contribution in [1.82, 2.24) is 0 Å². The van der Waals surface area contributed by atoms with Gasteiger partial charge >= 0.3 is 0 Å². The van der Waals surface area contributed by atoms with Crippen LogP contribution in [0.2, 0.25) is 0 Å². The molecule has 0 atom stereocenters. The molecule has 1 saturated heterocycles. The van der Waals surface area contributed by atoms with E-state index in [2.05, 4.69) is 12.7 Å².